The van der Waals surface area contributed by atoms with E-state index in [1.54, 1.807) is 19.1 Å². The van der Waals surface area contributed by atoms with E-state index in [1.165, 1.54) is 21.6 Å². The number of ether oxygens (including phenoxy) is 1. The Hall–Kier alpha value is -5.20. The number of thiazole rings is 1. The molecule has 2 aliphatic rings. The van der Waals surface area contributed by atoms with Gasteiger partial charge in [0, 0.05) is 40.6 Å². The lowest BCUT2D eigenvalue weighted by atomic mass is 9.83. The van der Waals surface area contributed by atoms with Gasteiger partial charge in [0.2, 0.25) is 17.7 Å². The van der Waals surface area contributed by atoms with Crippen molar-refractivity contribution in [3.63, 3.8) is 0 Å². The molecule has 1 aromatic heterocycles. The van der Waals surface area contributed by atoms with Crippen LogP contribution in [0.3, 0.4) is 0 Å². The number of hydrogen-bond acceptors (Lipinski definition) is 9. The number of amides is 3. The van der Waals surface area contributed by atoms with Gasteiger partial charge in [-0.1, -0.05) is 71.6 Å². The highest BCUT2D eigenvalue weighted by molar-refractivity contribution is 8.00. The summed E-state index contributed by atoms with van der Waals surface area (Å²) in [5.41, 5.74) is 3.12. The monoisotopic (exact) mass is 720 g/mol. The van der Waals surface area contributed by atoms with Gasteiger partial charge in [-0.05, 0) is 74.2 Å². The van der Waals surface area contributed by atoms with Crippen LogP contribution in [0.15, 0.2) is 101 Å². The molecule has 1 N–H and O–H groups in total. The summed E-state index contributed by atoms with van der Waals surface area (Å²) in [4.78, 5) is 71.8. The van der Waals surface area contributed by atoms with E-state index in [-0.39, 0.29) is 29.8 Å². The molecule has 3 unspecified atom stereocenters. The number of thioether (sulfide) groups is 1. The lowest BCUT2D eigenvalue weighted by molar-refractivity contribution is -0.122. The Morgan fingerprint density at radius 3 is 2.25 bits per heavy atom. The van der Waals surface area contributed by atoms with Gasteiger partial charge in [-0.3, -0.25) is 23.7 Å². The van der Waals surface area contributed by atoms with E-state index in [0.717, 1.165) is 58.2 Å². The van der Waals surface area contributed by atoms with Gasteiger partial charge in [-0.2, -0.15) is 0 Å². The molecule has 51 heavy (non-hydrogen) atoms. The van der Waals surface area contributed by atoms with Crippen molar-refractivity contribution in [2.75, 3.05) is 34.8 Å². The lowest BCUT2D eigenvalue weighted by Gasteiger charge is -2.31. The van der Waals surface area contributed by atoms with E-state index in [0.29, 0.717) is 26.8 Å². The van der Waals surface area contributed by atoms with Crippen molar-refractivity contribution in [3.05, 3.63) is 117 Å². The van der Waals surface area contributed by atoms with Gasteiger partial charge in [-0.15, -0.1) is 0 Å². The number of carbonyl (C=O) groups is 4. The summed E-state index contributed by atoms with van der Waals surface area (Å²) < 4.78 is 6.52. The SMILES string of the molecule is CCOC(=O)c1ccc(N2C(=O)C3Sc4c(sc(=O)n4CC(=O)Nc4cccc5ccccc45)C(c4ccc(N(CC)CC)cc4)C3C2=O)cc1. The first-order valence-corrected chi connectivity index (χ1v) is 18.6. The normalized spacial score (nSPS) is 18.0. The first-order valence-electron chi connectivity index (χ1n) is 16.9. The Morgan fingerprint density at radius 1 is 0.843 bits per heavy atom. The maximum absolute atomic E-state index is 14.4. The minimum atomic E-state index is -0.844. The molecule has 0 bridgehead atoms. The summed E-state index contributed by atoms with van der Waals surface area (Å²) in [6.07, 6.45) is 0. The minimum Gasteiger partial charge on any atom is -0.462 e. The average Bonchev–Trinajstić information content (AvgIpc) is 3.58. The Morgan fingerprint density at radius 2 is 1.55 bits per heavy atom. The van der Waals surface area contributed by atoms with Gasteiger partial charge in [0.1, 0.15) is 11.8 Å². The zero-order valence-corrected chi connectivity index (χ0v) is 30.0. The van der Waals surface area contributed by atoms with Crippen molar-refractivity contribution < 1.29 is 23.9 Å². The molecular formula is C39H36N4O6S2. The average molecular weight is 721 g/mol. The molecule has 0 radical (unpaired) electrons. The van der Waals surface area contributed by atoms with Crippen LogP contribution in [0.25, 0.3) is 10.8 Å². The van der Waals surface area contributed by atoms with Crippen LogP contribution in [-0.2, 0) is 25.7 Å². The summed E-state index contributed by atoms with van der Waals surface area (Å²) >= 11 is 2.18. The van der Waals surface area contributed by atoms with Gasteiger partial charge < -0.3 is 15.0 Å². The molecule has 2 aliphatic heterocycles. The van der Waals surface area contributed by atoms with E-state index in [4.69, 9.17) is 4.74 Å². The fourth-order valence-electron chi connectivity index (χ4n) is 6.98. The Bertz CT molecular complexity index is 2200. The zero-order valence-electron chi connectivity index (χ0n) is 28.3. The number of benzene rings is 4. The van der Waals surface area contributed by atoms with Crippen LogP contribution in [-0.4, -0.2) is 53.2 Å². The molecule has 3 atom stereocenters. The van der Waals surface area contributed by atoms with Crippen molar-refractivity contribution in [2.24, 2.45) is 5.92 Å². The van der Waals surface area contributed by atoms with E-state index in [9.17, 15) is 24.0 Å². The van der Waals surface area contributed by atoms with Crippen molar-refractivity contribution in [1.29, 1.82) is 0 Å². The van der Waals surface area contributed by atoms with E-state index >= 15 is 0 Å². The maximum Gasteiger partial charge on any atom is 0.338 e. The summed E-state index contributed by atoms with van der Waals surface area (Å²) in [6, 6.07) is 27.5. The molecule has 0 aliphatic carbocycles. The molecule has 3 heterocycles. The second kappa shape index (κ2) is 14.2. The fraction of sp³-hybridized carbons (Fsp3) is 0.256. The number of aromatic nitrogens is 1. The molecule has 7 rings (SSSR count). The number of nitrogens with one attached hydrogen (secondary N) is 1. The third kappa shape index (κ3) is 6.23. The Balaban J connectivity index is 1.26. The lowest BCUT2D eigenvalue weighted by Crippen LogP contribution is -2.33. The highest BCUT2D eigenvalue weighted by atomic mass is 32.2. The molecule has 3 amide bonds. The molecule has 10 nitrogen and oxygen atoms in total. The van der Waals surface area contributed by atoms with Gasteiger partial charge >= 0.3 is 10.8 Å². The second-order valence-corrected chi connectivity index (χ2v) is 14.4. The molecule has 4 aromatic carbocycles. The van der Waals surface area contributed by atoms with Crippen LogP contribution in [0, 0.1) is 5.92 Å². The number of rotatable bonds is 10. The Labute approximate surface area is 303 Å². The van der Waals surface area contributed by atoms with Crippen LogP contribution < -0.4 is 20.0 Å². The molecule has 1 fully saturated rings. The first kappa shape index (κ1) is 34.3. The summed E-state index contributed by atoms with van der Waals surface area (Å²) in [7, 11) is 0. The molecular weight excluding hydrogens is 685 g/mol. The second-order valence-electron chi connectivity index (χ2n) is 12.3. The van der Waals surface area contributed by atoms with Gasteiger partial charge in [0.05, 0.1) is 28.8 Å². The number of carbonyl (C=O) groups excluding carboxylic acids is 4. The van der Waals surface area contributed by atoms with Gasteiger partial charge in [0.15, 0.2) is 0 Å². The zero-order chi connectivity index (χ0) is 35.8. The van der Waals surface area contributed by atoms with Crippen LogP contribution >= 0.6 is 23.1 Å². The predicted molar refractivity (Wildman–Crippen MR) is 201 cm³/mol. The standard InChI is InChI=1S/C39H36N4O6S2/c1-4-41(5-2)26-18-14-24(15-19-26)31-32-33(36(46)43(35(32)45)27-20-16-25(17-21-27)38(47)49-6-3)50-37-34(31)51-39(48)42(37)22-30(44)40-29-13-9-11-23-10-7-8-12-28(23)29/h7-21,31-33H,4-6,22H2,1-3H3,(H,40,44). The van der Waals surface area contributed by atoms with Crippen LogP contribution in [0.2, 0.25) is 0 Å². The topological polar surface area (TPSA) is 118 Å². The van der Waals surface area contributed by atoms with Crippen molar-refractivity contribution in [2.45, 2.75) is 43.5 Å². The summed E-state index contributed by atoms with van der Waals surface area (Å²) in [5.74, 6) is -3.07. The third-order valence-electron chi connectivity index (χ3n) is 9.43. The summed E-state index contributed by atoms with van der Waals surface area (Å²) in [6.45, 7) is 7.51. The van der Waals surface area contributed by atoms with Gasteiger partial charge in [0.25, 0.3) is 0 Å². The van der Waals surface area contributed by atoms with E-state index in [2.05, 4.69) is 24.1 Å². The summed E-state index contributed by atoms with van der Waals surface area (Å²) in [5, 5.41) is 4.49. The first-order chi connectivity index (χ1) is 24.7. The quantitative estimate of drug-likeness (QED) is 0.128. The molecule has 0 spiro atoms. The van der Waals surface area contributed by atoms with Crippen LogP contribution in [0.1, 0.15) is 47.5 Å². The molecule has 260 valence electrons. The number of imide groups is 1. The highest BCUT2D eigenvalue weighted by Crippen LogP contribution is 2.54. The molecule has 0 saturated carbocycles. The predicted octanol–water partition coefficient (Wildman–Crippen LogP) is 6.52. The largest absolute Gasteiger partial charge is 0.462 e. The third-order valence-corrected chi connectivity index (χ3v) is 12.0. The number of anilines is 3. The van der Waals surface area contributed by atoms with Crippen molar-refractivity contribution in [3.8, 4) is 0 Å². The minimum absolute atomic E-state index is 0.224. The number of esters is 1. The smallest absolute Gasteiger partial charge is 0.338 e. The number of nitrogens with zero attached hydrogens (tertiary/aromatic N) is 3. The highest BCUT2D eigenvalue weighted by Gasteiger charge is 2.56. The maximum atomic E-state index is 14.4. The molecule has 5 aromatic rings. The van der Waals surface area contributed by atoms with E-state index in [1.807, 2.05) is 66.7 Å². The molecule has 1 saturated heterocycles. The number of fused-ring (bicyclic) bond motifs is 3. The van der Waals surface area contributed by atoms with Crippen LogP contribution in [0.5, 0.6) is 0 Å². The van der Waals surface area contributed by atoms with Gasteiger partial charge in [-0.25, -0.2) is 9.69 Å². The fourth-order valence-corrected chi connectivity index (χ4v) is 9.75. The number of hydrogen-bond donors (Lipinski definition) is 1. The van der Waals surface area contributed by atoms with Crippen molar-refractivity contribution in [1.82, 2.24) is 4.57 Å². The van der Waals surface area contributed by atoms with Crippen LogP contribution in [0.4, 0.5) is 17.1 Å². The van der Waals surface area contributed by atoms with E-state index < -0.39 is 29.0 Å². The van der Waals surface area contributed by atoms with Crippen molar-refractivity contribution >= 4 is 74.6 Å². The molecule has 12 heteroatoms. The Kier molecular flexibility index (Phi) is 9.54.